The van der Waals surface area contributed by atoms with Crippen LogP contribution in [-0.2, 0) is 6.54 Å². The Labute approximate surface area is 128 Å². The molecule has 3 rings (SSSR count). The average molecular weight is 334 g/mol. The van der Waals surface area contributed by atoms with Gasteiger partial charge in [0.1, 0.15) is 5.82 Å². The first kappa shape index (κ1) is 13.8. The van der Waals surface area contributed by atoms with E-state index in [-0.39, 0.29) is 0 Å². The summed E-state index contributed by atoms with van der Waals surface area (Å²) < 4.78 is 1.09. The highest BCUT2D eigenvalue weighted by molar-refractivity contribution is 9.10. The Balaban J connectivity index is 1.71. The molecule has 0 atom stereocenters. The second kappa shape index (κ2) is 6.10. The average Bonchev–Trinajstić information content (AvgIpc) is 3.07. The minimum Gasteiger partial charge on any atom is -0.344 e. The number of rotatable bonds is 4. The molecule has 1 heterocycles. The zero-order valence-corrected chi connectivity index (χ0v) is 13.3. The van der Waals surface area contributed by atoms with E-state index in [0.717, 1.165) is 33.8 Å². The highest BCUT2D eigenvalue weighted by atomic mass is 79.9. The standard InChI is InChI=1S/C16H20BrN3/c1-11-16(12-6-8-13(17)9-7-12)20-15(19-11)10-18-14-4-2-3-5-14/h6-9,14,18H,2-5,10H2,1H3,(H,19,20). The van der Waals surface area contributed by atoms with Crippen molar-refractivity contribution >= 4 is 15.9 Å². The summed E-state index contributed by atoms with van der Waals surface area (Å²) in [5.74, 6) is 1.03. The Morgan fingerprint density at radius 3 is 2.65 bits per heavy atom. The predicted octanol–water partition coefficient (Wildman–Crippen LogP) is 4.18. The molecule has 1 aromatic heterocycles. The lowest BCUT2D eigenvalue weighted by Crippen LogP contribution is -2.25. The second-order valence-electron chi connectivity index (χ2n) is 5.53. The van der Waals surface area contributed by atoms with Crippen molar-refractivity contribution in [2.75, 3.05) is 0 Å². The molecule has 0 saturated heterocycles. The number of nitrogens with zero attached hydrogens (tertiary/aromatic N) is 1. The number of nitrogens with one attached hydrogen (secondary N) is 2. The van der Waals surface area contributed by atoms with Crippen LogP contribution in [0.4, 0.5) is 0 Å². The third kappa shape index (κ3) is 3.13. The van der Waals surface area contributed by atoms with Crippen LogP contribution in [0, 0.1) is 6.92 Å². The van der Waals surface area contributed by atoms with Crippen LogP contribution < -0.4 is 5.32 Å². The zero-order chi connectivity index (χ0) is 13.9. The van der Waals surface area contributed by atoms with E-state index in [9.17, 15) is 0 Å². The second-order valence-corrected chi connectivity index (χ2v) is 6.44. The van der Waals surface area contributed by atoms with Gasteiger partial charge in [-0.15, -0.1) is 0 Å². The van der Waals surface area contributed by atoms with Crippen molar-refractivity contribution in [2.45, 2.75) is 45.2 Å². The summed E-state index contributed by atoms with van der Waals surface area (Å²) in [6.45, 7) is 2.92. The third-order valence-corrected chi connectivity index (χ3v) is 4.49. The van der Waals surface area contributed by atoms with Crippen molar-refractivity contribution in [2.24, 2.45) is 0 Å². The zero-order valence-electron chi connectivity index (χ0n) is 11.7. The number of aromatic amines is 1. The summed E-state index contributed by atoms with van der Waals surface area (Å²) in [4.78, 5) is 8.13. The van der Waals surface area contributed by atoms with Crippen LogP contribution in [-0.4, -0.2) is 16.0 Å². The Hall–Kier alpha value is -1.13. The predicted molar refractivity (Wildman–Crippen MR) is 85.6 cm³/mol. The molecule has 1 fully saturated rings. The fourth-order valence-corrected chi connectivity index (χ4v) is 3.13. The molecular formula is C16H20BrN3. The molecule has 2 aromatic rings. The summed E-state index contributed by atoms with van der Waals surface area (Å²) in [6, 6.07) is 8.99. The quantitative estimate of drug-likeness (QED) is 0.881. The number of H-pyrrole nitrogens is 1. The van der Waals surface area contributed by atoms with Gasteiger partial charge >= 0.3 is 0 Å². The van der Waals surface area contributed by atoms with E-state index in [1.807, 2.05) is 0 Å². The lowest BCUT2D eigenvalue weighted by molar-refractivity contribution is 0.515. The van der Waals surface area contributed by atoms with Crippen LogP contribution in [0.1, 0.15) is 37.2 Å². The van der Waals surface area contributed by atoms with Crippen molar-refractivity contribution in [3.63, 3.8) is 0 Å². The molecule has 0 bridgehead atoms. The number of aryl methyl sites for hydroxylation is 1. The molecule has 106 valence electrons. The first-order valence-corrected chi connectivity index (χ1v) is 8.06. The highest BCUT2D eigenvalue weighted by Crippen LogP contribution is 2.23. The minimum absolute atomic E-state index is 0.677. The molecule has 2 N–H and O–H groups in total. The van der Waals surface area contributed by atoms with Gasteiger partial charge < -0.3 is 10.3 Å². The molecule has 0 aliphatic heterocycles. The number of halogens is 1. The van der Waals surface area contributed by atoms with E-state index in [1.54, 1.807) is 0 Å². The summed E-state index contributed by atoms with van der Waals surface area (Å²) in [6.07, 6.45) is 5.33. The van der Waals surface area contributed by atoms with E-state index in [4.69, 9.17) is 4.98 Å². The number of benzene rings is 1. The summed E-state index contributed by atoms with van der Waals surface area (Å²) >= 11 is 3.47. The van der Waals surface area contributed by atoms with Crippen LogP contribution in [0.15, 0.2) is 28.7 Å². The minimum atomic E-state index is 0.677. The summed E-state index contributed by atoms with van der Waals surface area (Å²) in [5, 5.41) is 3.60. The van der Waals surface area contributed by atoms with Gasteiger partial charge in [-0.3, -0.25) is 0 Å². The SMILES string of the molecule is Cc1[nH]c(CNC2CCCC2)nc1-c1ccc(Br)cc1. The number of imidazole rings is 1. The molecule has 0 unspecified atom stereocenters. The first-order chi connectivity index (χ1) is 9.72. The Kier molecular flexibility index (Phi) is 4.22. The molecule has 4 heteroatoms. The van der Waals surface area contributed by atoms with Gasteiger partial charge in [-0.05, 0) is 31.9 Å². The largest absolute Gasteiger partial charge is 0.344 e. The molecule has 0 radical (unpaired) electrons. The maximum Gasteiger partial charge on any atom is 0.121 e. The fourth-order valence-electron chi connectivity index (χ4n) is 2.87. The van der Waals surface area contributed by atoms with Crippen molar-refractivity contribution in [1.82, 2.24) is 15.3 Å². The van der Waals surface area contributed by atoms with Crippen molar-refractivity contribution in [3.8, 4) is 11.3 Å². The number of hydrogen-bond acceptors (Lipinski definition) is 2. The third-order valence-electron chi connectivity index (χ3n) is 3.96. The molecule has 1 aliphatic rings. The maximum absolute atomic E-state index is 4.74. The van der Waals surface area contributed by atoms with Crippen LogP contribution in [0.25, 0.3) is 11.3 Å². The van der Waals surface area contributed by atoms with E-state index in [1.165, 1.54) is 25.7 Å². The topological polar surface area (TPSA) is 40.7 Å². The van der Waals surface area contributed by atoms with Crippen molar-refractivity contribution in [3.05, 3.63) is 40.3 Å². The van der Waals surface area contributed by atoms with E-state index in [2.05, 4.69) is 57.4 Å². The van der Waals surface area contributed by atoms with Gasteiger partial charge in [-0.1, -0.05) is 40.9 Å². The molecule has 20 heavy (non-hydrogen) atoms. The fraction of sp³-hybridized carbons (Fsp3) is 0.438. The molecular weight excluding hydrogens is 314 g/mol. The van der Waals surface area contributed by atoms with Gasteiger partial charge in [-0.25, -0.2) is 4.98 Å². The Morgan fingerprint density at radius 2 is 1.95 bits per heavy atom. The van der Waals surface area contributed by atoms with E-state index >= 15 is 0 Å². The van der Waals surface area contributed by atoms with Gasteiger partial charge in [0.2, 0.25) is 0 Å². The summed E-state index contributed by atoms with van der Waals surface area (Å²) in [5.41, 5.74) is 3.35. The number of hydrogen-bond donors (Lipinski definition) is 2. The van der Waals surface area contributed by atoms with Crippen molar-refractivity contribution in [1.29, 1.82) is 0 Å². The normalized spacial score (nSPS) is 15.9. The lowest BCUT2D eigenvalue weighted by Gasteiger charge is -2.09. The van der Waals surface area contributed by atoms with Gasteiger partial charge in [0.05, 0.1) is 12.2 Å². The molecule has 1 saturated carbocycles. The molecule has 1 aromatic carbocycles. The van der Waals surface area contributed by atoms with Gasteiger partial charge in [0.25, 0.3) is 0 Å². The highest BCUT2D eigenvalue weighted by Gasteiger charge is 2.15. The van der Waals surface area contributed by atoms with Crippen LogP contribution >= 0.6 is 15.9 Å². The van der Waals surface area contributed by atoms with E-state index < -0.39 is 0 Å². The van der Waals surface area contributed by atoms with Crippen LogP contribution in [0.3, 0.4) is 0 Å². The van der Waals surface area contributed by atoms with Crippen molar-refractivity contribution < 1.29 is 0 Å². The van der Waals surface area contributed by atoms with Gasteiger partial charge in [0, 0.05) is 21.8 Å². The maximum atomic E-state index is 4.74. The monoisotopic (exact) mass is 333 g/mol. The van der Waals surface area contributed by atoms with Gasteiger partial charge in [-0.2, -0.15) is 0 Å². The van der Waals surface area contributed by atoms with E-state index in [0.29, 0.717) is 6.04 Å². The first-order valence-electron chi connectivity index (χ1n) is 7.27. The molecule has 1 aliphatic carbocycles. The van der Waals surface area contributed by atoms with Gasteiger partial charge in [0.15, 0.2) is 0 Å². The molecule has 0 spiro atoms. The Bertz CT molecular complexity index is 568. The summed E-state index contributed by atoms with van der Waals surface area (Å²) in [7, 11) is 0. The lowest BCUT2D eigenvalue weighted by atomic mass is 10.1. The smallest absolute Gasteiger partial charge is 0.121 e. The molecule has 0 amide bonds. The number of aromatic nitrogens is 2. The molecule has 3 nitrogen and oxygen atoms in total. The van der Waals surface area contributed by atoms with Crippen LogP contribution in [0.5, 0.6) is 0 Å². The Morgan fingerprint density at radius 1 is 1.25 bits per heavy atom. The van der Waals surface area contributed by atoms with Crippen LogP contribution in [0.2, 0.25) is 0 Å².